The van der Waals surface area contributed by atoms with Gasteiger partial charge in [0.2, 0.25) is 0 Å². The smallest absolute Gasteiger partial charge is 0.194 e. The first-order chi connectivity index (χ1) is 14.4. The maximum absolute atomic E-state index is 14.3. The molecule has 0 spiro atoms. The van der Waals surface area contributed by atoms with E-state index in [0.717, 1.165) is 28.8 Å². The molecule has 6 heteroatoms. The Balaban J connectivity index is 1.54. The van der Waals surface area contributed by atoms with Gasteiger partial charge in [0.15, 0.2) is 23.7 Å². The lowest BCUT2D eigenvalue weighted by molar-refractivity contribution is -0.202. The summed E-state index contributed by atoms with van der Waals surface area (Å²) in [5.74, 6) is -4.55. The largest absolute Gasteiger partial charge is 0.348 e. The van der Waals surface area contributed by atoms with Gasteiger partial charge in [0, 0.05) is 17.0 Å². The van der Waals surface area contributed by atoms with Crippen molar-refractivity contribution in [2.45, 2.75) is 19.6 Å². The van der Waals surface area contributed by atoms with Gasteiger partial charge in [-0.25, -0.2) is 17.6 Å². The van der Waals surface area contributed by atoms with Crippen LogP contribution >= 0.6 is 0 Å². The van der Waals surface area contributed by atoms with Crippen molar-refractivity contribution in [3.8, 4) is 11.1 Å². The first kappa shape index (κ1) is 20.6. The topological polar surface area (TPSA) is 18.5 Å². The number of hydrogen-bond donors (Lipinski definition) is 0. The molecule has 3 aromatic carbocycles. The predicted molar refractivity (Wildman–Crippen MR) is 105 cm³/mol. The third kappa shape index (κ3) is 4.40. The number of benzene rings is 3. The second-order valence-electron chi connectivity index (χ2n) is 7.59. The summed E-state index contributed by atoms with van der Waals surface area (Å²) in [7, 11) is 0. The fourth-order valence-corrected chi connectivity index (χ4v) is 3.43. The number of hydrogen-bond acceptors (Lipinski definition) is 2. The average Bonchev–Trinajstić information content (AvgIpc) is 2.74. The van der Waals surface area contributed by atoms with Crippen molar-refractivity contribution in [3.05, 3.63) is 94.6 Å². The van der Waals surface area contributed by atoms with Crippen LogP contribution in [0.25, 0.3) is 11.1 Å². The minimum Gasteiger partial charge on any atom is -0.348 e. The molecule has 0 saturated carbocycles. The number of halogens is 4. The Morgan fingerprint density at radius 3 is 2.00 bits per heavy atom. The van der Waals surface area contributed by atoms with E-state index in [1.165, 1.54) is 12.1 Å². The standard InChI is InChI=1S/C24H20F4O2/c1-14-12-29-24(30-13-14)17-5-2-15(3-6-17)8-16-4-7-20(25)19(9-16)18-10-21(26)23(28)22(27)11-18/h2-7,9-11,14,24H,8,12-13H2,1H3. The van der Waals surface area contributed by atoms with Crippen molar-refractivity contribution in [1.29, 1.82) is 0 Å². The highest BCUT2D eigenvalue weighted by Gasteiger charge is 2.20. The van der Waals surface area contributed by atoms with Crippen LogP contribution in [-0.2, 0) is 15.9 Å². The molecule has 0 atom stereocenters. The van der Waals surface area contributed by atoms with Crippen molar-refractivity contribution in [2.24, 2.45) is 5.92 Å². The van der Waals surface area contributed by atoms with E-state index in [2.05, 4.69) is 6.92 Å². The maximum atomic E-state index is 14.3. The van der Waals surface area contributed by atoms with Crippen molar-refractivity contribution in [2.75, 3.05) is 13.2 Å². The summed E-state index contributed by atoms with van der Waals surface area (Å²) < 4.78 is 66.0. The normalized spacial score (nSPS) is 19.1. The van der Waals surface area contributed by atoms with Gasteiger partial charge in [-0.05, 0) is 47.4 Å². The molecule has 4 rings (SSSR count). The summed E-state index contributed by atoms with van der Waals surface area (Å²) in [5.41, 5.74) is 2.60. The van der Waals surface area contributed by atoms with Crippen molar-refractivity contribution < 1.29 is 27.0 Å². The minimum atomic E-state index is -1.57. The molecule has 0 N–H and O–H groups in total. The van der Waals surface area contributed by atoms with Gasteiger partial charge in [0.25, 0.3) is 0 Å². The summed E-state index contributed by atoms with van der Waals surface area (Å²) in [4.78, 5) is 0. The lowest BCUT2D eigenvalue weighted by atomic mass is 9.98. The van der Waals surface area contributed by atoms with Gasteiger partial charge in [0.05, 0.1) is 13.2 Å². The van der Waals surface area contributed by atoms with Crippen LogP contribution in [-0.4, -0.2) is 13.2 Å². The van der Waals surface area contributed by atoms with Gasteiger partial charge < -0.3 is 9.47 Å². The SMILES string of the molecule is CC1COC(c2ccc(Cc3ccc(F)c(-c4cc(F)c(F)c(F)c4)c3)cc2)OC1. The van der Waals surface area contributed by atoms with E-state index in [9.17, 15) is 17.6 Å². The van der Waals surface area contributed by atoms with Crippen LogP contribution in [0.4, 0.5) is 17.6 Å². The van der Waals surface area contributed by atoms with Crippen LogP contribution in [0.1, 0.15) is 29.9 Å². The Hall–Kier alpha value is -2.70. The van der Waals surface area contributed by atoms with Crippen LogP contribution < -0.4 is 0 Å². The van der Waals surface area contributed by atoms with Gasteiger partial charge in [-0.1, -0.05) is 37.3 Å². The van der Waals surface area contributed by atoms with Crippen LogP contribution in [0.3, 0.4) is 0 Å². The van der Waals surface area contributed by atoms with Crippen LogP contribution in [0, 0.1) is 29.2 Å². The molecule has 0 radical (unpaired) electrons. The van der Waals surface area contributed by atoms with Gasteiger partial charge in [-0.2, -0.15) is 0 Å². The van der Waals surface area contributed by atoms with E-state index in [-0.39, 0.29) is 17.4 Å². The zero-order valence-electron chi connectivity index (χ0n) is 16.3. The molecule has 0 amide bonds. The molecular formula is C24H20F4O2. The van der Waals surface area contributed by atoms with E-state index >= 15 is 0 Å². The van der Waals surface area contributed by atoms with E-state index in [0.29, 0.717) is 25.6 Å². The van der Waals surface area contributed by atoms with Crippen molar-refractivity contribution >= 4 is 0 Å². The quantitative estimate of drug-likeness (QED) is 0.373. The molecule has 0 bridgehead atoms. The molecule has 0 unspecified atom stereocenters. The third-order valence-corrected chi connectivity index (χ3v) is 5.05. The highest BCUT2D eigenvalue weighted by Crippen LogP contribution is 2.29. The highest BCUT2D eigenvalue weighted by molar-refractivity contribution is 5.65. The number of rotatable bonds is 4. The second-order valence-corrected chi connectivity index (χ2v) is 7.59. The molecule has 0 aromatic heterocycles. The molecule has 156 valence electrons. The molecule has 1 aliphatic heterocycles. The summed E-state index contributed by atoms with van der Waals surface area (Å²) in [6, 6.07) is 13.7. The van der Waals surface area contributed by atoms with Crippen LogP contribution in [0.2, 0.25) is 0 Å². The zero-order valence-corrected chi connectivity index (χ0v) is 16.3. The molecule has 1 heterocycles. The minimum absolute atomic E-state index is 0.0139. The molecular weight excluding hydrogens is 396 g/mol. The lowest BCUT2D eigenvalue weighted by Gasteiger charge is -2.27. The first-order valence-electron chi connectivity index (χ1n) is 9.66. The summed E-state index contributed by atoms with van der Waals surface area (Å²) >= 11 is 0. The Kier molecular flexibility index (Phi) is 5.88. The third-order valence-electron chi connectivity index (χ3n) is 5.05. The van der Waals surface area contributed by atoms with E-state index in [1.54, 1.807) is 6.07 Å². The highest BCUT2D eigenvalue weighted by atomic mass is 19.2. The average molecular weight is 416 g/mol. The fraction of sp³-hybridized carbons (Fsp3) is 0.250. The maximum Gasteiger partial charge on any atom is 0.194 e. The lowest BCUT2D eigenvalue weighted by Crippen LogP contribution is -2.24. The van der Waals surface area contributed by atoms with Gasteiger partial charge in [0.1, 0.15) is 5.82 Å². The van der Waals surface area contributed by atoms with Gasteiger partial charge in [-0.15, -0.1) is 0 Å². The molecule has 3 aromatic rings. The Labute approximate surface area is 172 Å². The molecule has 1 aliphatic rings. The van der Waals surface area contributed by atoms with Crippen LogP contribution in [0.15, 0.2) is 54.6 Å². The number of ether oxygens (including phenoxy) is 2. The monoisotopic (exact) mass is 416 g/mol. The molecule has 1 fully saturated rings. The van der Waals surface area contributed by atoms with E-state index < -0.39 is 23.3 Å². The van der Waals surface area contributed by atoms with Crippen molar-refractivity contribution in [1.82, 2.24) is 0 Å². The van der Waals surface area contributed by atoms with Crippen molar-refractivity contribution in [3.63, 3.8) is 0 Å². The Morgan fingerprint density at radius 1 is 0.767 bits per heavy atom. The van der Waals surface area contributed by atoms with E-state index in [4.69, 9.17) is 9.47 Å². The predicted octanol–water partition coefficient (Wildman–Crippen LogP) is 6.18. The fourth-order valence-electron chi connectivity index (χ4n) is 3.43. The van der Waals surface area contributed by atoms with E-state index in [1.807, 2.05) is 24.3 Å². The summed E-state index contributed by atoms with van der Waals surface area (Å²) in [5, 5.41) is 0. The molecule has 1 saturated heterocycles. The zero-order chi connectivity index (χ0) is 21.3. The molecule has 2 nitrogen and oxygen atoms in total. The first-order valence-corrected chi connectivity index (χ1v) is 9.66. The summed E-state index contributed by atoms with van der Waals surface area (Å²) in [6.45, 7) is 3.36. The van der Waals surface area contributed by atoms with Gasteiger partial charge >= 0.3 is 0 Å². The van der Waals surface area contributed by atoms with Gasteiger partial charge in [-0.3, -0.25) is 0 Å². The summed E-state index contributed by atoms with van der Waals surface area (Å²) in [6.07, 6.45) is 0.110. The van der Waals surface area contributed by atoms with Crippen LogP contribution in [0.5, 0.6) is 0 Å². The molecule has 30 heavy (non-hydrogen) atoms. The Morgan fingerprint density at radius 2 is 1.37 bits per heavy atom. The molecule has 0 aliphatic carbocycles. The second kappa shape index (κ2) is 8.58. The Bertz CT molecular complexity index is 1020.